The molecule has 2 atom stereocenters. The van der Waals surface area contributed by atoms with E-state index >= 15 is 0 Å². The first kappa shape index (κ1) is 37.4. The number of ether oxygens (including phenoxy) is 4. The Morgan fingerprint density at radius 1 is 0.587 bits per heavy atom. The quantitative estimate of drug-likeness (QED) is 0.176. The molecule has 0 saturated carbocycles. The van der Waals surface area contributed by atoms with Gasteiger partial charge in [0.1, 0.15) is 6.04 Å². The predicted molar refractivity (Wildman–Crippen MR) is 173 cm³/mol. The van der Waals surface area contributed by atoms with Crippen LogP contribution in [0.2, 0.25) is 0 Å². The van der Waals surface area contributed by atoms with Gasteiger partial charge < -0.3 is 24.7 Å². The van der Waals surface area contributed by atoms with Gasteiger partial charge in [0.15, 0.2) is 5.78 Å². The van der Waals surface area contributed by atoms with E-state index in [1.807, 2.05) is 24.3 Å². The van der Waals surface area contributed by atoms with Gasteiger partial charge in [-0.25, -0.2) is 9.59 Å². The Bertz CT molecular complexity index is 1470. The van der Waals surface area contributed by atoms with Crippen molar-refractivity contribution in [2.75, 3.05) is 28.4 Å². The molecule has 2 N–H and O–H groups in total. The van der Waals surface area contributed by atoms with Crippen molar-refractivity contribution in [1.82, 2.24) is 0 Å². The van der Waals surface area contributed by atoms with Crippen LogP contribution >= 0.6 is 0 Å². The van der Waals surface area contributed by atoms with Crippen LogP contribution < -0.4 is 5.73 Å². The number of carbonyl (C=O) groups excluding carboxylic acids is 5. The third kappa shape index (κ3) is 11.3. The van der Waals surface area contributed by atoms with Crippen LogP contribution in [0.4, 0.5) is 0 Å². The Balaban J connectivity index is 0.000000368. The summed E-state index contributed by atoms with van der Waals surface area (Å²) in [5.41, 5.74) is 9.93. The number of methoxy groups -OCH3 is 4. The summed E-state index contributed by atoms with van der Waals surface area (Å²) in [7, 11) is 5.26. The minimum atomic E-state index is -0.691. The molecular weight excluding hydrogens is 590 g/mol. The number of hydrogen-bond donors (Lipinski definition) is 1. The Kier molecular flexibility index (Phi) is 14.3. The number of ketones is 1. The molecule has 0 heterocycles. The van der Waals surface area contributed by atoms with E-state index in [4.69, 9.17) is 10.5 Å². The maximum Gasteiger partial charge on any atom is 0.337 e. The van der Waals surface area contributed by atoms with Gasteiger partial charge in [-0.1, -0.05) is 69.3 Å². The fourth-order valence-corrected chi connectivity index (χ4v) is 4.47. The Morgan fingerprint density at radius 3 is 1.39 bits per heavy atom. The lowest BCUT2D eigenvalue weighted by atomic mass is 9.86. The number of benzene rings is 3. The summed E-state index contributed by atoms with van der Waals surface area (Å²) in [6.07, 6.45) is 0.772. The van der Waals surface area contributed by atoms with Crippen molar-refractivity contribution < 1.29 is 42.9 Å². The van der Waals surface area contributed by atoms with Crippen LogP contribution in [0, 0.1) is 5.92 Å². The molecule has 246 valence electrons. The molecule has 0 aliphatic heterocycles. The maximum absolute atomic E-state index is 12.7. The van der Waals surface area contributed by atoms with Gasteiger partial charge in [0, 0.05) is 12.0 Å². The summed E-state index contributed by atoms with van der Waals surface area (Å²) < 4.78 is 18.7. The van der Waals surface area contributed by atoms with E-state index in [2.05, 4.69) is 35.0 Å². The zero-order valence-corrected chi connectivity index (χ0v) is 27.5. The number of Topliss-reactive ketones (excluding diaryl/α,β-unsaturated/α-hetero) is 1. The molecule has 0 unspecified atom stereocenters. The van der Waals surface area contributed by atoms with Crippen molar-refractivity contribution in [3.63, 3.8) is 0 Å². The van der Waals surface area contributed by atoms with Crippen molar-refractivity contribution in [2.45, 2.75) is 51.5 Å². The molecule has 0 aliphatic carbocycles. The van der Waals surface area contributed by atoms with Gasteiger partial charge >= 0.3 is 23.9 Å². The van der Waals surface area contributed by atoms with E-state index in [0.29, 0.717) is 29.5 Å². The fourth-order valence-electron chi connectivity index (χ4n) is 4.47. The summed E-state index contributed by atoms with van der Waals surface area (Å²) in [6.45, 7) is 6.34. The van der Waals surface area contributed by atoms with Gasteiger partial charge in [0.2, 0.25) is 0 Å². The van der Waals surface area contributed by atoms with Crippen LogP contribution in [0.15, 0.2) is 72.8 Å². The van der Waals surface area contributed by atoms with Crippen molar-refractivity contribution in [1.29, 1.82) is 0 Å². The first-order valence-electron chi connectivity index (χ1n) is 14.6. The topological polar surface area (TPSA) is 148 Å². The molecule has 3 aromatic carbocycles. The van der Waals surface area contributed by atoms with E-state index in [9.17, 15) is 24.0 Å². The number of hydrogen-bond acceptors (Lipinski definition) is 10. The standard InChI is InChI=1S/C24H28O5.C12H15NO4/c1-24(2,3)20-12-10-17(11-13-20)21(25)15-19(23(27)29-5)14-16-6-8-18(9-7-16)22(26)28-4;1-16-11(14)9-5-3-8(4-6-9)7-10(13)12(15)17-2/h6-13,19H,14-15H2,1-5H3;3-6,10H,7,13H2,1-2H3/t19-;10-/m10/s1. The normalized spacial score (nSPS) is 12.0. The Labute approximate surface area is 270 Å². The first-order valence-corrected chi connectivity index (χ1v) is 14.6. The Morgan fingerprint density at radius 2 is 1.00 bits per heavy atom. The van der Waals surface area contributed by atoms with Crippen LogP contribution in [-0.2, 0) is 46.8 Å². The fraction of sp³-hybridized carbons (Fsp3) is 0.361. The third-order valence-electron chi connectivity index (χ3n) is 7.23. The summed E-state index contributed by atoms with van der Waals surface area (Å²) in [4.78, 5) is 58.8. The van der Waals surface area contributed by atoms with Gasteiger partial charge in [0.05, 0.1) is 45.5 Å². The highest BCUT2D eigenvalue weighted by Gasteiger charge is 2.24. The molecule has 46 heavy (non-hydrogen) atoms. The molecule has 3 rings (SSSR count). The maximum atomic E-state index is 12.7. The molecule has 0 spiro atoms. The van der Waals surface area contributed by atoms with Gasteiger partial charge in [-0.3, -0.25) is 14.4 Å². The largest absolute Gasteiger partial charge is 0.469 e. The summed E-state index contributed by atoms with van der Waals surface area (Å²) in [6, 6.07) is 20.3. The molecule has 3 aromatic rings. The van der Waals surface area contributed by atoms with Crippen molar-refractivity contribution in [2.24, 2.45) is 11.7 Å². The zero-order chi connectivity index (χ0) is 34.4. The second-order valence-corrected chi connectivity index (χ2v) is 11.6. The molecule has 10 nitrogen and oxygen atoms in total. The summed E-state index contributed by atoms with van der Waals surface area (Å²) >= 11 is 0. The van der Waals surface area contributed by atoms with E-state index in [1.165, 1.54) is 28.4 Å². The van der Waals surface area contributed by atoms with Crippen LogP contribution in [0.25, 0.3) is 0 Å². The SMILES string of the molecule is COC(=O)c1ccc(C[C@H](CC(=O)c2ccc(C(C)(C)C)cc2)C(=O)OC)cc1.COC(=O)c1ccc(C[C@H](N)C(=O)OC)cc1. The van der Waals surface area contributed by atoms with Crippen molar-refractivity contribution >= 4 is 29.7 Å². The molecule has 0 bridgehead atoms. The van der Waals surface area contributed by atoms with Gasteiger partial charge in [0.25, 0.3) is 0 Å². The highest BCUT2D eigenvalue weighted by atomic mass is 16.5. The minimum absolute atomic E-state index is 0.00644. The van der Waals surface area contributed by atoms with Crippen LogP contribution in [-0.4, -0.2) is 64.1 Å². The van der Waals surface area contributed by atoms with Gasteiger partial charge in [-0.05, 0) is 59.2 Å². The lowest BCUT2D eigenvalue weighted by Gasteiger charge is -2.19. The van der Waals surface area contributed by atoms with Crippen molar-refractivity contribution in [3.05, 3.63) is 106 Å². The summed E-state index contributed by atoms with van der Waals surface area (Å²) in [5, 5.41) is 0. The summed E-state index contributed by atoms with van der Waals surface area (Å²) in [5.74, 6) is -2.40. The molecular formula is C36H43NO9. The molecule has 0 saturated heterocycles. The number of carbonyl (C=O) groups is 5. The molecule has 0 amide bonds. The monoisotopic (exact) mass is 633 g/mol. The lowest BCUT2D eigenvalue weighted by Crippen LogP contribution is -2.33. The molecule has 0 radical (unpaired) electrons. The predicted octanol–water partition coefficient (Wildman–Crippen LogP) is 4.89. The highest BCUT2D eigenvalue weighted by molar-refractivity contribution is 5.98. The molecule has 0 aliphatic rings. The zero-order valence-electron chi connectivity index (χ0n) is 27.5. The smallest absolute Gasteiger partial charge is 0.337 e. The van der Waals surface area contributed by atoms with Gasteiger partial charge in [-0.2, -0.15) is 0 Å². The number of rotatable bonds is 11. The molecule has 10 heteroatoms. The number of esters is 4. The van der Waals surface area contributed by atoms with Crippen LogP contribution in [0.5, 0.6) is 0 Å². The van der Waals surface area contributed by atoms with E-state index in [1.54, 1.807) is 48.5 Å². The lowest BCUT2D eigenvalue weighted by molar-refractivity contribution is -0.145. The van der Waals surface area contributed by atoms with E-state index in [0.717, 1.165) is 16.7 Å². The average Bonchev–Trinajstić information content (AvgIpc) is 3.06. The number of nitrogens with two attached hydrogens (primary N) is 1. The van der Waals surface area contributed by atoms with Gasteiger partial charge in [-0.15, -0.1) is 0 Å². The third-order valence-corrected chi connectivity index (χ3v) is 7.23. The molecule has 0 fully saturated rings. The van der Waals surface area contributed by atoms with E-state index in [-0.39, 0.29) is 17.6 Å². The average molecular weight is 634 g/mol. The Hall–Kier alpha value is -4.83. The van der Waals surface area contributed by atoms with Crippen molar-refractivity contribution in [3.8, 4) is 0 Å². The first-order chi connectivity index (χ1) is 21.7. The van der Waals surface area contributed by atoms with Crippen LogP contribution in [0.3, 0.4) is 0 Å². The minimum Gasteiger partial charge on any atom is -0.469 e. The van der Waals surface area contributed by atoms with E-state index < -0.39 is 35.8 Å². The second kappa shape index (κ2) is 17.6. The van der Waals surface area contributed by atoms with Crippen LogP contribution in [0.1, 0.15) is 75.0 Å². The highest BCUT2D eigenvalue weighted by Crippen LogP contribution is 2.24. The molecule has 0 aromatic heterocycles. The second-order valence-electron chi connectivity index (χ2n) is 11.6.